The third kappa shape index (κ3) is 7.77. The minimum absolute atomic E-state index is 0.0266. The Hall–Kier alpha value is -3.07. The summed E-state index contributed by atoms with van der Waals surface area (Å²) in [5.41, 5.74) is 1.18. The SMILES string of the molecule is CC[C@@H](C(=O)NC(C)(C)C)N(Cc1ccc(Cl)c(Cl)c1)C(=O)CN(c1ccccc1C)S(=O)(=O)c1ccccc1. The van der Waals surface area contributed by atoms with Gasteiger partial charge >= 0.3 is 0 Å². The highest BCUT2D eigenvalue weighted by Crippen LogP contribution is 2.28. The predicted octanol–water partition coefficient (Wildman–Crippen LogP) is 6.22. The van der Waals surface area contributed by atoms with E-state index >= 15 is 0 Å². The fourth-order valence-electron chi connectivity index (χ4n) is 4.28. The number of anilines is 1. The summed E-state index contributed by atoms with van der Waals surface area (Å²) in [6.45, 7) is 8.68. The number of benzene rings is 3. The molecule has 0 saturated carbocycles. The highest BCUT2D eigenvalue weighted by Gasteiger charge is 2.35. The van der Waals surface area contributed by atoms with Gasteiger partial charge in [0.2, 0.25) is 11.8 Å². The molecule has 1 N–H and O–H groups in total. The lowest BCUT2D eigenvalue weighted by molar-refractivity contribution is -0.141. The first-order valence-electron chi connectivity index (χ1n) is 12.9. The molecule has 0 spiro atoms. The van der Waals surface area contributed by atoms with Crippen molar-refractivity contribution in [1.82, 2.24) is 10.2 Å². The van der Waals surface area contributed by atoms with Crippen molar-refractivity contribution in [2.75, 3.05) is 10.8 Å². The van der Waals surface area contributed by atoms with Gasteiger partial charge in [-0.2, -0.15) is 0 Å². The van der Waals surface area contributed by atoms with Crippen molar-refractivity contribution in [2.45, 2.75) is 64.1 Å². The van der Waals surface area contributed by atoms with Crippen molar-refractivity contribution in [3.05, 3.63) is 94.0 Å². The molecule has 2 amide bonds. The minimum Gasteiger partial charge on any atom is -0.350 e. The van der Waals surface area contributed by atoms with Crippen molar-refractivity contribution in [3.63, 3.8) is 0 Å². The molecule has 10 heteroatoms. The van der Waals surface area contributed by atoms with Crippen LogP contribution in [0.2, 0.25) is 10.0 Å². The number of carbonyl (C=O) groups excluding carboxylic acids is 2. The Labute approximate surface area is 247 Å². The van der Waals surface area contributed by atoms with E-state index < -0.39 is 34.1 Å². The molecule has 0 saturated heterocycles. The Morgan fingerprint density at radius 3 is 2.12 bits per heavy atom. The summed E-state index contributed by atoms with van der Waals surface area (Å²) in [4.78, 5) is 29.0. The highest BCUT2D eigenvalue weighted by molar-refractivity contribution is 7.92. The maximum atomic E-state index is 14.1. The topological polar surface area (TPSA) is 86.8 Å². The number of rotatable bonds is 10. The smallest absolute Gasteiger partial charge is 0.264 e. The Morgan fingerprint density at radius 2 is 1.55 bits per heavy atom. The monoisotopic (exact) mass is 603 g/mol. The zero-order valence-corrected chi connectivity index (χ0v) is 25.6. The second-order valence-electron chi connectivity index (χ2n) is 10.5. The third-order valence-electron chi connectivity index (χ3n) is 6.22. The van der Waals surface area contributed by atoms with Crippen molar-refractivity contribution < 1.29 is 18.0 Å². The highest BCUT2D eigenvalue weighted by atomic mass is 35.5. The predicted molar refractivity (Wildman–Crippen MR) is 161 cm³/mol. The van der Waals surface area contributed by atoms with Crippen LogP contribution in [0.5, 0.6) is 0 Å². The van der Waals surface area contributed by atoms with Crippen LogP contribution in [0.4, 0.5) is 5.69 Å². The number of nitrogens with one attached hydrogen (secondary N) is 1. The van der Waals surface area contributed by atoms with Gasteiger partial charge in [0.25, 0.3) is 10.0 Å². The lowest BCUT2D eigenvalue weighted by Gasteiger charge is -2.35. The number of nitrogens with zero attached hydrogens (tertiary/aromatic N) is 2. The van der Waals surface area contributed by atoms with Crippen LogP contribution in [0.3, 0.4) is 0 Å². The molecule has 0 bridgehead atoms. The number of hydrogen-bond acceptors (Lipinski definition) is 4. The van der Waals surface area contributed by atoms with E-state index in [1.165, 1.54) is 17.0 Å². The zero-order chi connectivity index (χ0) is 29.7. The van der Waals surface area contributed by atoms with Crippen molar-refractivity contribution in [3.8, 4) is 0 Å². The Bertz CT molecular complexity index is 1460. The van der Waals surface area contributed by atoms with Crippen LogP contribution < -0.4 is 9.62 Å². The zero-order valence-electron chi connectivity index (χ0n) is 23.3. The maximum Gasteiger partial charge on any atom is 0.264 e. The van der Waals surface area contributed by atoms with Crippen LogP contribution in [0.1, 0.15) is 45.2 Å². The third-order valence-corrected chi connectivity index (χ3v) is 8.73. The first-order chi connectivity index (χ1) is 18.7. The number of sulfonamides is 1. The second-order valence-corrected chi connectivity index (χ2v) is 13.2. The van der Waals surface area contributed by atoms with Crippen LogP contribution in [0.25, 0.3) is 0 Å². The fraction of sp³-hybridized carbons (Fsp3) is 0.333. The summed E-state index contributed by atoms with van der Waals surface area (Å²) >= 11 is 12.3. The van der Waals surface area contributed by atoms with E-state index in [0.29, 0.717) is 33.3 Å². The van der Waals surface area contributed by atoms with E-state index in [0.717, 1.165) is 4.31 Å². The number of aryl methyl sites for hydroxylation is 1. The Balaban J connectivity index is 2.09. The van der Waals surface area contributed by atoms with E-state index in [4.69, 9.17) is 23.2 Å². The van der Waals surface area contributed by atoms with E-state index in [-0.39, 0.29) is 17.3 Å². The molecule has 0 radical (unpaired) electrons. The summed E-state index contributed by atoms with van der Waals surface area (Å²) in [5, 5.41) is 3.62. The molecule has 3 rings (SSSR count). The largest absolute Gasteiger partial charge is 0.350 e. The number of hydrogen-bond donors (Lipinski definition) is 1. The van der Waals surface area contributed by atoms with Crippen LogP contribution in [-0.2, 0) is 26.2 Å². The number of para-hydroxylation sites is 1. The van der Waals surface area contributed by atoms with Gasteiger partial charge in [-0.25, -0.2) is 8.42 Å². The van der Waals surface area contributed by atoms with E-state index in [9.17, 15) is 18.0 Å². The molecular weight excluding hydrogens is 569 g/mol. The normalized spacial score (nSPS) is 12.5. The molecule has 3 aromatic carbocycles. The van der Waals surface area contributed by atoms with Crippen LogP contribution in [-0.4, -0.2) is 43.3 Å². The van der Waals surface area contributed by atoms with Gasteiger partial charge in [-0.15, -0.1) is 0 Å². The van der Waals surface area contributed by atoms with Crippen LogP contribution in [0.15, 0.2) is 77.7 Å². The second kappa shape index (κ2) is 13.1. The van der Waals surface area contributed by atoms with Gasteiger partial charge in [-0.05, 0) is 75.6 Å². The molecule has 0 aromatic heterocycles. The fourth-order valence-corrected chi connectivity index (χ4v) is 6.10. The van der Waals surface area contributed by atoms with Gasteiger partial charge in [0, 0.05) is 12.1 Å². The molecule has 0 aliphatic carbocycles. The molecule has 40 heavy (non-hydrogen) atoms. The number of carbonyl (C=O) groups is 2. The average molecular weight is 605 g/mol. The molecule has 214 valence electrons. The molecule has 0 aliphatic heterocycles. The van der Waals surface area contributed by atoms with Gasteiger partial charge in [0.15, 0.2) is 0 Å². The molecule has 7 nitrogen and oxygen atoms in total. The molecule has 0 aliphatic rings. The Kier molecular flexibility index (Phi) is 10.3. The average Bonchev–Trinajstić information content (AvgIpc) is 2.89. The van der Waals surface area contributed by atoms with E-state index in [1.807, 2.05) is 27.7 Å². The molecule has 1 atom stereocenters. The summed E-state index contributed by atoms with van der Waals surface area (Å²) in [6.07, 6.45) is 0.310. The van der Waals surface area contributed by atoms with Crippen molar-refractivity contribution in [1.29, 1.82) is 0 Å². The summed E-state index contributed by atoms with van der Waals surface area (Å²) < 4.78 is 28.9. The van der Waals surface area contributed by atoms with Crippen molar-refractivity contribution in [2.24, 2.45) is 0 Å². The summed E-state index contributed by atoms with van der Waals surface area (Å²) in [6, 6.07) is 19.1. The number of amides is 2. The van der Waals surface area contributed by atoms with Gasteiger partial charge < -0.3 is 10.2 Å². The van der Waals surface area contributed by atoms with Gasteiger partial charge in [0.05, 0.1) is 20.6 Å². The van der Waals surface area contributed by atoms with E-state index in [1.54, 1.807) is 67.6 Å². The first kappa shape index (κ1) is 31.5. The summed E-state index contributed by atoms with van der Waals surface area (Å²) in [5.74, 6) is -0.874. The van der Waals surface area contributed by atoms with Gasteiger partial charge in [-0.3, -0.25) is 13.9 Å². The lowest BCUT2D eigenvalue weighted by Crippen LogP contribution is -2.55. The molecule has 0 unspecified atom stereocenters. The van der Waals surface area contributed by atoms with Gasteiger partial charge in [0.1, 0.15) is 12.6 Å². The minimum atomic E-state index is -4.13. The standard InChI is InChI=1S/C30H35Cl2N3O4S/c1-6-26(29(37)33-30(3,4)5)34(19-22-16-17-24(31)25(32)18-22)28(36)20-35(27-15-11-10-12-21(27)2)40(38,39)23-13-8-7-9-14-23/h7-18,26H,6,19-20H2,1-5H3,(H,33,37)/t26-/m0/s1. The van der Waals surface area contributed by atoms with Gasteiger partial charge in [-0.1, -0.05) is 72.6 Å². The lowest BCUT2D eigenvalue weighted by atomic mass is 10.1. The Morgan fingerprint density at radius 1 is 0.925 bits per heavy atom. The molecule has 3 aromatic rings. The van der Waals surface area contributed by atoms with Crippen LogP contribution >= 0.6 is 23.2 Å². The van der Waals surface area contributed by atoms with Crippen LogP contribution in [0, 0.1) is 6.92 Å². The first-order valence-corrected chi connectivity index (χ1v) is 15.1. The molecule has 0 heterocycles. The van der Waals surface area contributed by atoms with E-state index in [2.05, 4.69) is 5.32 Å². The van der Waals surface area contributed by atoms with Crippen molar-refractivity contribution >= 4 is 50.7 Å². The quantitative estimate of drug-likeness (QED) is 0.298. The summed E-state index contributed by atoms with van der Waals surface area (Å²) in [7, 11) is -4.13. The number of halogens is 2. The maximum absolute atomic E-state index is 14.1. The molecular formula is C30H35Cl2N3O4S. The molecule has 0 fully saturated rings.